The van der Waals surface area contributed by atoms with Crippen LogP contribution in [0.3, 0.4) is 0 Å². The number of benzene rings is 1. The minimum absolute atomic E-state index is 0.779. The van der Waals surface area contributed by atoms with Gasteiger partial charge >= 0.3 is 0 Å². The summed E-state index contributed by atoms with van der Waals surface area (Å²) in [6.07, 6.45) is 1.73. The number of thiophene rings is 1. The third-order valence-corrected chi connectivity index (χ3v) is 4.27. The van der Waals surface area contributed by atoms with E-state index in [1.54, 1.807) is 24.6 Å². The second kappa shape index (κ2) is 5.23. The zero-order chi connectivity index (χ0) is 14.9. The van der Waals surface area contributed by atoms with Crippen LogP contribution in [0.25, 0.3) is 21.6 Å². The van der Waals surface area contributed by atoms with Crippen LogP contribution in [0.1, 0.15) is 0 Å². The zero-order valence-corrected chi connectivity index (χ0v) is 12.7. The van der Waals surface area contributed by atoms with Crippen LogP contribution in [0.15, 0.2) is 54.0 Å². The third-order valence-electron chi connectivity index (χ3n) is 3.33. The molecule has 1 aromatic carbocycles. The summed E-state index contributed by atoms with van der Waals surface area (Å²) in [5, 5.41) is 13.9. The molecule has 108 valence electrons. The summed E-state index contributed by atoms with van der Waals surface area (Å²) >= 11 is 1.68. The Morgan fingerprint density at radius 1 is 1.05 bits per heavy atom. The topological polar surface area (TPSA) is 55.6 Å². The summed E-state index contributed by atoms with van der Waals surface area (Å²) < 4.78 is 1.14. The van der Waals surface area contributed by atoms with Gasteiger partial charge in [-0.25, -0.2) is 4.98 Å². The fraction of sp³-hybridized carbons (Fsp3) is 0.0625. The average Bonchev–Trinajstić information content (AvgIpc) is 3.15. The number of fused-ring (bicyclic) bond motifs is 1. The smallest absolute Gasteiger partial charge is 0.131 e. The van der Waals surface area contributed by atoms with Crippen LogP contribution in [0.4, 0.5) is 11.4 Å². The van der Waals surface area contributed by atoms with E-state index < -0.39 is 0 Å². The van der Waals surface area contributed by atoms with Crippen molar-refractivity contribution >= 4 is 32.9 Å². The van der Waals surface area contributed by atoms with Crippen LogP contribution in [0.2, 0.25) is 0 Å². The number of nitrogens with one attached hydrogen (secondary N) is 1. The van der Waals surface area contributed by atoms with E-state index >= 15 is 0 Å². The largest absolute Gasteiger partial charge is 0.353 e. The quantitative estimate of drug-likeness (QED) is 0.625. The highest BCUT2D eigenvalue weighted by atomic mass is 32.1. The van der Waals surface area contributed by atoms with Gasteiger partial charge in [0.15, 0.2) is 0 Å². The minimum atomic E-state index is 0.779. The molecule has 0 amide bonds. The molecule has 3 heterocycles. The molecule has 1 N–H and O–H groups in total. The van der Waals surface area contributed by atoms with Crippen LogP contribution in [-0.2, 0) is 7.05 Å². The van der Waals surface area contributed by atoms with Gasteiger partial charge < -0.3 is 5.32 Å². The van der Waals surface area contributed by atoms with E-state index in [0.717, 1.165) is 33.0 Å². The Hall–Kier alpha value is -2.73. The van der Waals surface area contributed by atoms with Gasteiger partial charge in [-0.05, 0) is 24.3 Å². The number of para-hydroxylation sites is 1. The summed E-state index contributed by atoms with van der Waals surface area (Å²) in [6, 6.07) is 14.2. The zero-order valence-electron chi connectivity index (χ0n) is 11.9. The van der Waals surface area contributed by atoms with Gasteiger partial charge in [-0.2, -0.15) is 15.0 Å². The lowest BCUT2D eigenvalue weighted by molar-refractivity contribution is 0.655. The third kappa shape index (κ3) is 2.33. The Bertz CT molecular complexity index is 926. The number of aryl methyl sites for hydroxylation is 1. The van der Waals surface area contributed by atoms with Crippen molar-refractivity contribution in [2.45, 2.75) is 0 Å². The van der Waals surface area contributed by atoms with Crippen molar-refractivity contribution < 1.29 is 0 Å². The van der Waals surface area contributed by atoms with Gasteiger partial charge in [0.1, 0.15) is 11.2 Å². The highest BCUT2D eigenvalue weighted by Gasteiger charge is 2.10. The number of aromatic nitrogens is 4. The lowest BCUT2D eigenvalue weighted by Gasteiger charge is -2.04. The molecule has 4 aromatic rings. The van der Waals surface area contributed by atoms with Crippen molar-refractivity contribution in [2.75, 3.05) is 5.32 Å². The maximum atomic E-state index is 4.75. The van der Waals surface area contributed by atoms with E-state index in [2.05, 4.69) is 27.0 Å². The minimum Gasteiger partial charge on any atom is -0.353 e. The van der Waals surface area contributed by atoms with Gasteiger partial charge in [-0.1, -0.05) is 18.2 Å². The van der Waals surface area contributed by atoms with Crippen molar-refractivity contribution in [1.29, 1.82) is 0 Å². The van der Waals surface area contributed by atoms with E-state index in [1.807, 2.05) is 36.4 Å². The van der Waals surface area contributed by atoms with Crippen molar-refractivity contribution in [2.24, 2.45) is 7.05 Å². The molecule has 0 spiro atoms. The Balaban J connectivity index is 1.76. The van der Waals surface area contributed by atoms with Gasteiger partial charge in [0, 0.05) is 18.1 Å². The van der Waals surface area contributed by atoms with E-state index in [9.17, 15) is 0 Å². The SMILES string of the molecule is Cn1ncc(-c2ccc3scc(Nc4ccccc4)c3n2)n1. The van der Waals surface area contributed by atoms with Crippen LogP contribution < -0.4 is 5.32 Å². The normalized spacial score (nSPS) is 11.0. The molecule has 0 radical (unpaired) electrons. The Labute approximate surface area is 131 Å². The van der Waals surface area contributed by atoms with Crippen LogP contribution in [-0.4, -0.2) is 20.0 Å². The number of pyridine rings is 1. The molecule has 4 rings (SSSR count). The number of hydrogen-bond donors (Lipinski definition) is 1. The average molecular weight is 307 g/mol. The highest BCUT2D eigenvalue weighted by molar-refractivity contribution is 7.17. The van der Waals surface area contributed by atoms with Crippen molar-refractivity contribution in [3.63, 3.8) is 0 Å². The molecule has 22 heavy (non-hydrogen) atoms. The van der Waals surface area contributed by atoms with Crippen LogP contribution >= 0.6 is 11.3 Å². The summed E-state index contributed by atoms with van der Waals surface area (Å²) in [4.78, 5) is 6.29. The Morgan fingerprint density at radius 2 is 1.91 bits per heavy atom. The second-order valence-corrected chi connectivity index (χ2v) is 5.81. The van der Waals surface area contributed by atoms with Gasteiger partial charge in [-0.3, -0.25) is 0 Å². The molecule has 6 heteroatoms. The Morgan fingerprint density at radius 3 is 2.68 bits per heavy atom. The fourth-order valence-corrected chi connectivity index (χ4v) is 3.11. The summed E-state index contributed by atoms with van der Waals surface area (Å²) in [5.74, 6) is 0. The predicted octanol–water partition coefficient (Wildman–Crippen LogP) is 3.84. The van der Waals surface area contributed by atoms with Gasteiger partial charge in [0.2, 0.25) is 0 Å². The molecule has 0 aliphatic rings. The maximum absolute atomic E-state index is 4.75. The first-order chi connectivity index (χ1) is 10.8. The standard InChI is InChI=1S/C16H13N5S/c1-21-17-9-13(20-21)12-7-8-15-16(19-12)14(10-22-15)18-11-5-3-2-4-6-11/h2-10,18H,1H3. The van der Waals surface area contributed by atoms with Crippen LogP contribution in [0, 0.1) is 0 Å². The van der Waals surface area contributed by atoms with E-state index in [4.69, 9.17) is 4.98 Å². The Kier molecular flexibility index (Phi) is 3.08. The lowest BCUT2D eigenvalue weighted by atomic mass is 10.2. The van der Waals surface area contributed by atoms with Gasteiger partial charge in [0.05, 0.1) is 22.3 Å². The van der Waals surface area contributed by atoms with E-state index in [-0.39, 0.29) is 0 Å². The summed E-state index contributed by atoms with van der Waals surface area (Å²) in [6.45, 7) is 0. The molecule has 0 atom stereocenters. The molecule has 0 fully saturated rings. The number of rotatable bonds is 3. The highest BCUT2D eigenvalue weighted by Crippen LogP contribution is 2.32. The molecule has 5 nitrogen and oxygen atoms in total. The fourth-order valence-electron chi connectivity index (χ4n) is 2.28. The number of anilines is 2. The monoisotopic (exact) mass is 307 g/mol. The lowest BCUT2D eigenvalue weighted by Crippen LogP contribution is -1.93. The van der Waals surface area contributed by atoms with Crippen molar-refractivity contribution in [1.82, 2.24) is 20.0 Å². The van der Waals surface area contributed by atoms with E-state index in [0.29, 0.717) is 0 Å². The molecule has 0 unspecified atom stereocenters. The van der Waals surface area contributed by atoms with Crippen LogP contribution in [0.5, 0.6) is 0 Å². The first kappa shape index (κ1) is 13.0. The maximum Gasteiger partial charge on any atom is 0.131 e. The first-order valence-electron chi connectivity index (χ1n) is 6.86. The molecule has 0 aliphatic carbocycles. The molecular formula is C16H13N5S. The first-order valence-corrected chi connectivity index (χ1v) is 7.74. The number of hydrogen-bond acceptors (Lipinski definition) is 5. The van der Waals surface area contributed by atoms with Gasteiger partial charge in [0.25, 0.3) is 0 Å². The second-order valence-electron chi connectivity index (χ2n) is 4.90. The van der Waals surface area contributed by atoms with Crippen molar-refractivity contribution in [3.8, 4) is 11.4 Å². The number of nitrogens with zero attached hydrogens (tertiary/aromatic N) is 4. The molecule has 0 bridgehead atoms. The van der Waals surface area contributed by atoms with Gasteiger partial charge in [-0.15, -0.1) is 11.3 Å². The molecular weight excluding hydrogens is 294 g/mol. The predicted molar refractivity (Wildman–Crippen MR) is 89.3 cm³/mol. The molecule has 0 saturated carbocycles. The molecule has 0 saturated heterocycles. The van der Waals surface area contributed by atoms with E-state index in [1.165, 1.54) is 4.80 Å². The summed E-state index contributed by atoms with van der Waals surface area (Å²) in [5.41, 5.74) is 4.62. The van der Waals surface area contributed by atoms with Crippen molar-refractivity contribution in [3.05, 3.63) is 54.0 Å². The summed E-state index contributed by atoms with van der Waals surface area (Å²) in [7, 11) is 1.80. The molecule has 0 aliphatic heterocycles. The molecule has 3 aromatic heterocycles.